The molecular formula is C14H18BrCl2F5N2. The highest BCUT2D eigenvalue weighted by Crippen LogP contribution is 2.36. The lowest BCUT2D eigenvalue weighted by Crippen LogP contribution is -2.45. The van der Waals surface area contributed by atoms with E-state index in [0.29, 0.717) is 26.2 Å². The Balaban J connectivity index is 0.00000264. The van der Waals surface area contributed by atoms with E-state index in [1.807, 2.05) is 0 Å². The van der Waals surface area contributed by atoms with Crippen LogP contribution in [0.2, 0.25) is 0 Å². The van der Waals surface area contributed by atoms with Crippen LogP contribution in [0.5, 0.6) is 0 Å². The molecule has 1 heterocycles. The summed E-state index contributed by atoms with van der Waals surface area (Å²) in [4.78, 5) is 1.70. The van der Waals surface area contributed by atoms with Gasteiger partial charge in [0.2, 0.25) is 0 Å². The number of hydrogen-bond donors (Lipinski definition) is 1. The number of rotatable bonds is 4. The van der Waals surface area contributed by atoms with Gasteiger partial charge in [-0.3, -0.25) is 4.90 Å². The Hall–Kier alpha value is -0.150. The minimum absolute atomic E-state index is 0. The minimum Gasteiger partial charge on any atom is -0.314 e. The fourth-order valence-corrected chi connectivity index (χ4v) is 3.00. The number of nitrogens with zero attached hydrogens (tertiary/aromatic N) is 1. The van der Waals surface area contributed by atoms with Crippen LogP contribution < -0.4 is 5.32 Å². The summed E-state index contributed by atoms with van der Waals surface area (Å²) in [5.74, 6) is -1.64. The molecule has 0 aliphatic carbocycles. The van der Waals surface area contributed by atoms with E-state index in [1.165, 1.54) is 6.07 Å². The molecule has 10 heteroatoms. The van der Waals surface area contributed by atoms with E-state index >= 15 is 0 Å². The van der Waals surface area contributed by atoms with Crippen molar-refractivity contribution >= 4 is 40.7 Å². The molecule has 1 N–H and O–H groups in total. The molecule has 1 aliphatic heterocycles. The first kappa shape index (κ1) is 23.9. The maximum Gasteiger partial charge on any atom is 0.389 e. The fraction of sp³-hybridized carbons (Fsp3) is 0.571. The Morgan fingerprint density at radius 2 is 1.71 bits per heavy atom. The molecule has 1 aliphatic rings. The van der Waals surface area contributed by atoms with Gasteiger partial charge in [0.25, 0.3) is 0 Å². The van der Waals surface area contributed by atoms with Crippen LogP contribution in [-0.4, -0.2) is 37.3 Å². The highest BCUT2D eigenvalue weighted by Gasteiger charge is 2.34. The van der Waals surface area contributed by atoms with Crippen molar-refractivity contribution in [1.82, 2.24) is 10.2 Å². The second-order valence-corrected chi connectivity index (χ2v) is 6.07. The van der Waals surface area contributed by atoms with Crippen LogP contribution in [0.1, 0.15) is 24.4 Å². The second kappa shape index (κ2) is 10.1. The van der Waals surface area contributed by atoms with Gasteiger partial charge in [0.1, 0.15) is 11.6 Å². The van der Waals surface area contributed by atoms with Crippen LogP contribution in [0.15, 0.2) is 16.6 Å². The largest absolute Gasteiger partial charge is 0.389 e. The molecular weight excluding hydrogens is 442 g/mol. The molecule has 1 fully saturated rings. The van der Waals surface area contributed by atoms with E-state index < -0.39 is 30.3 Å². The van der Waals surface area contributed by atoms with Crippen molar-refractivity contribution in [1.29, 1.82) is 0 Å². The summed E-state index contributed by atoms with van der Waals surface area (Å²) in [5, 5.41) is 3.07. The summed E-state index contributed by atoms with van der Waals surface area (Å²) in [7, 11) is 0. The normalized spacial score (nSPS) is 16.9. The number of nitrogens with one attached hydrogen (secondary N) is 1. The van der Waals surface area contributed by atoms with E-state index in [9.17, 15) is 22.0 Å². The number of benzene rings is 1. The highest BCUT2D eigenvalue weighted by atomic mass is 79.9. The fourth-order valence-electron chi connectivity index (χ4n) is 2.65. The van der Waals surface area contributed by atoms with E-state index in [2.05, 4.69) is 21.2 Å². The molecule has 0 saturated carbocycles. The molecule has 1 atom stereocenters. The van der Waals surface area contributed by atoms with Crippen molar-refractivity contribution < 1.29 is 22.0 Å². The van der Waals surface area contributed by atoms with Crippen molar-refractivity contribution in [2.24, 2.45) is 0 Å². The molecule has 1 saturated heterocycles. The van der Waals surface area contributed by atoms with Crippen LogP contribution >= 0.6 is 40.7 Å². The second-order valence-electron chi connectivity index (χ2n) is 5.21. The molecule has 2 rings (SSSR count). The molecule has 0 radical (unpaired) electrons. The van der Waals surface area contributed by atoms with Crippen LogP contribution in [0.4, 0.5) is 22.0 Å². The molecule has 24 heavy (non-hydrogen) atoms. The summed E-state index contributed by atoms with van der Waals surface area (Å²) in [6.45, 7) is 2.07. The van der Waals surface area contributed by atoms with Gasteiger partial charge >= 0.3 is 6.18 Å². The molecule has 0 bridgehead atoms. The third-order valence-electron chi connectivity index (χ3n) is 3.71. The van der Waals surface area contributed by atoms with Gasteiger partial charge in [0.05, 0.1) is 4.47 Å². The van der Waals surface area contributed by atoms with Crippen molar-refractivity contribution in [3.63, 3.8) is 0 Å². The monoisotopic (exact) mass is 458 g/mol. The molecule has 0 aromatic heterocycles. The van der Waals surface area contributed by atoms with Gasteiger partial charge in [-0.15, -0.1) is 24.8 Å². The Morgan fingerprint density at radius 3 is 2.25 bits per heavy atom. The predicted octanol–water partition coefficient (Wildman–Crippen LogP) is 4.86. The van der Waals surface area contributed by atoms with Gasteiger partial charge in [-0.25, -0.2) is 8.78 Å². The first-order valence-corrected chi connectivity index (χ1v) is 7.74. The summed E-state index contributed by atoms with van der Waals surface area (Å²) in [5.41, 5.74) is -0.291. The van der Waals surface area contributed by atoms with Crippen LogP contribution in [0.25, 0.3) is 0 Å². The van der Waals surface area contributed by atoms with Crippen molar-refractivity contribution in [3.8, 4) is 0 Å². The van der Waals surface area contributed by atoms with Gasteiger partial charge in [-0.1, -0.05) is 0 Å². The SMILES string of the molecule is Cl.Cl.Fc1ccc(Br)c(F)c1[C@@H](CCC(F)(F)F)N1CCNCC1. The predicted molar refractivity (Wildman–Crippen MR) is 91.0 cm³/mol. The molecule has 1 aromatic rings. The average molecular weight is 460 g/mol. The molecule has 1 aromatic carbocycles. The Labute approximate surface area is 158 Å². The standard InChI is InChI=1S/C14H16BrF5N2.2ClH/c15-9-1-2-10(16)12(13(9)17)11(3-4-14(18,19)20)22-7-5-21-6-8-22;;/h1-2,11,21H,3-8H2;2*1H/t11-;;/m1../s1. The lowest BCUT2D eigenvalue weighted by atomic mass is 9.98. The number of halogens is 8. The lowest BCUT2D eigenvalue weighted by Gasteiger charge is -2.35. The third kappa shape index (κ3) is 6.29. The highest BCUT2D eigenvalue weighted by molar-refractivity contribution is 9.10. The van der Waals surface area contributed by atoms with E-state index in [-0.39, 0.29) is 41.3 Å². The zero-order valence-corrected chi connectivity index (χ0v) is 15.7. The van der Waals surface area contributed by atoms with Crippen LogP contribution in [0, 0.1) is 11.6 Å². The maximum atomic E-state index is 14.3. The molecule has 140 valence electrons. The Morgan fingerprint density at radius 1 is 1.12 bits per heavy atom. The first-order chi connectivity index (χ1) is 10.3. The molecule has 0 spiro atoms. The minimum atomic E-state index is -4.36. The van der Waals surface area contributed by atoms with Crippen LogP contribution in [-0.2, 0) is 0 Å². The lowest BCUT2D eigenvalue weighted by molar-refractivity contribution is -0.138. The summed E-state index contributed by atoms with van der Waals surface area (Å²) in [6, 6.07) is 1.36. The van der Waals surface area contributed by atoms with Crippen molar-refractivity contribution in [2.75, 3.05) is 26.2 Å². The molecule has 0 unspecified atom stereocenters. The zero-order valence-electron chi connectivity index (χ0n) is 12.5. The summed E-state index contributed by atoms with van der Waals surface area (Å²) in [6.07, 6.45) is -5.80. The quantitative estimate of drug-likeness (QED) is 0.511. The van der Waals surface area contributed by atoms with Gasteiger partial charge in [-0.05, 0) is 34.5 Å². The topological polar surface area (TPSA) is 15.3 Å². The number of hydrogen-bond acceptors (Lipinski definition) is 2. The molecule has 0 amide bonds. The van der Waals surface area contributed by atoms with Crippen molar-refractivity contribution in [3.05, 3.63) is 33.8 Å². The van der Waals surface area contributed by atoms with Crippen LogP contribution in [0.3, 0.4) is 0 Å². The number of piperazine rings is 1. The Bertz CT molecular complexity index is 525. The molecule has 2 nitrogen and oxygen atoms in total. The van der Waals surface area contributed by atoms with Gasteiger partial charge in [0, 0.05) is 44.2 Å². The maximum absolute atomic E-state index is 14.3. The van der Waals surface area contributed by atoms with Gasteiger partial charge < -0.3 is 5.32 Å². The van der Waals surface area contributed by atoms with Crippen molar-refractivity contribution in [2.45, 2.75) is 25.1 Å². The van der Waals surface area contributed by atoms with E-state index in [4.69, 9.17) is 0 Å². The third-order valence-corrected chi connectivity index (χ3v) is 4.32. The van der Waals surface area contributed by atoms with Gasteiger partial charge in [0.15, 0.2) is 0 Å². The zero-order chi connectivity index (χ0) is 16.3. The summed E-state index contributed by atoms with van der Waals surface area (Å²) < 4.78 is 66.1. The van der Waals surface area contributed by atoms with E-state index in [1.54, 1.807) is 4.90 Å². The van der Waals surface area contributed by atoms with E-state index in [0.717, 1.165) is 6.07 Å². The van der Waals surface area contributed by atoms with Gasteiger partial charge in [-0.2, -0.15) is 13.2 Å². The average Bonchev–Trinajstić information content (AvgIpc) is 2.46. The summed E-state index contributed by atoms with van der Waals surface area (Å²) >= 11 is 2.97. The number of alkyl halides is 3. The Kier molecular flexibility index (Phi) is 10.0. The first-order valence-electron chi connectivity index (χ1n) is 6.94. The smallest absolute Gasteiger partial charge is 0.314 e.